The fraction of sp³-hybridized carbons (Fsp3) is 0.222. The van der Waals surface area contributed by atoms with Gasteiger partial charge in [-0.25, -0.2) is 0 Å². The Kier molecular flexibility index (Phi) is 5.35. The molecule has 0 atom stereocenters. The van der Waals surface area contributed by atoms with E-state index >= 15 is 0 Å². The maximum Gasteiger partial charge on any atom is 0.271 e. The van der Waals surface area contributed by atoms with E-state index in [0.29, 0.717) is 18.8 Å². The number of aryl methyl sites for hydroxylation is 1. The summed E-state index contributed by atoms with van der Waals surface area (Å²) < 4.78 is 12.4. The standard InChI is InChI=1S/C18H19N3O3S/c1-21-16(17-4-3-11-25-17)12-15(20-21)18(22)19-9-10-24-14-7-5-13(23-2)6-8-14/h3-8,11-12H,9-10H2,1-2H3,(H,19,22). The molecule has 0 saturated carbocycles. The van der Waals surface area contributed by atoms with E-state index in [2.05, 4.69) is 10.4 Å². The normalized spacial score (nSPS) is 10.5. The number of ether oxygens (including phenoxy) is 2. The van der Waals surface area contributed by atoms with Gasteiger partial charge in [0.25, 0.3) is 5.91 Å². The van der Waals surface area contributed by atoms with Gasteiger partial charge in [-0.1, -0.05) is 6.07 Å². The highest BCUT2D eigenvalue weighted by Gasteiger charge is 2.14. The summed E-state index contributed by atoms with van der Waals surface area (Å²) in [7, 11) is 3.45. The van der Waals surface area contributed by atoms with Gasteiger partial charge >= 0.3 is 0 Å². The molecule has 0 aliphatic carbocycles. The van der Waals surface area contributed by atoms with Crippen LogP contribution in [0.5, 0.6) is 11.5 Å². The number of aromatic nitrogens is 2. The van der Waals surface area contributed by atoms with Gasteiger partial charge in [-0.3, -0.25) is 9.48 Å². The Morgan fingerprint density at radius 3 is 2.68 bits per heavy atom. The first-order valence-corrected chi connectivity index (χ1v) is 8.68. The van der Waals surface area contributed by atoms with E-state index in [9.17, 15) is 4.79 Å². The van der Waals surface area contributed by atoms with Crippen molar-refractivity contribution >= 4 is 17.2 Å². The van der Waals surface area contributed by atoms with E-state index in [4.69, 9.17) is 9.47 Å². The highest BCUT2D eigenvalue weighted by atomic mass is 32.1. The van der Waals surface area contributed by atoms with Gasteiger partial charge < -0.3 is 14.8 Å². The van der Waals surface area contributed by atoms with Crippen molar-refractivity contribution in [1.29, 1.82) is 0 Å². The van der Waals surface area contributed by atoms with Crippen molar-refractivity contribution in [3.63, 3.8) is 0 Å². The van der Waals surface area contributed by atoms with Crippen molar-refractivity contribution in [3.8, 4) is 22.1 Å². The number of carbonyl (C=O) groups excluding carboxylic acids is 1. The summed E-state index contributed by atoms with van der Waals surface area (Å²) in [5.41, 5.74) is 1.32. The largest absolute Gasteiger partial charge is 0.497 e. The van der Waals surface area contributed by atoms with Gasteiger partial charge in [-0.15, -0.1) is 11.3 Å². The molecule has 6 nitrogen and oxygen atoms in total. The van der Waals surface area contributed by atoms with E-state index in [-0.39, 0.29) is 5.91 Å². The lowest BCUT2D eigenvalue weighted by molar-refractivity contribution is 0.0941. The Morgan fingerprint density at radius 1 is 1.24 bits per heavy atom. The molecule has 2 aromatic heterocycles. The van der Waals surface area contributed by atoms with Gasteiger partial charge in [0, 0.05) is 7.05 Å². The van der Waals surface area contributed by atoms with Crippen LogP contribution in [0.4, 0.5) is 0 Å². The van der Waals surface area contributed by atoms with Crippen molar-refractivity contribution in [3.05, 3.63) is 53.5 Å². The van der Waals surface area contributed by atoms with Crippen molar-refractivity contribution in [2.24, 2.45) is 7.05 Å². The van der Waals surface area contributed by atoms with Crippen LogP contribution in [0.2, 0.25) is 0 Å². The van der Waals surface area contributed by atoms with Crippen LogP contribution in [-0.2, 0) is 7.05 Å². The molecule has 1 amide bonds. The molecule has 3 aromatic rings. The zero-order valence-corrected chi connectivity index (χ0v) is 14.9. The quantitative estimate of drug-likeness (QED) is 0.660. The number of hydrogen-bond acceptors (Lipinski definition) is 5. The van der Waals surface area contributed by atoms with Crippen molar-refractivity contribution in [1.82, 2.24) is 15.1 Å². The van der Waals surface area contributed by atoms with E-state index in [1.165, 1.54) is 0 Å². The Balaban J connectivity index is 1.50. The molecule has 0 bridgehead atoms. The second-order valence-corrected chi connectivity index (χ2v) is 6.24. The summed E-state index contributed by atoms with van der Waals surface area (Å²) >= 11 is 1.62. The van der Waals surface area contributed by atoms with Crippen LogP contribution < -0.4 is 14.8 Å². The summed E-state index contributed by atoms with van der Waals surface area (Å²) in [4.78, 5) is 13.3. The number of amides is 1. The average Bonchev–Trinajstić information content (AvgIpc) is 3.28. The summed E-state index contributed by atoms with van der Waals surface area (Å²) in [5, 5.41) is 9.09. The molecule has 1 aromatic carbocycles. The van der Waals surface area contributed by atoms with Gasteiger partial charge in [-0.05, 0) is 41.8 Å². The molecule has 0 spiro atoms. The van der Waals surface area contributed by atoms with Gasteiger partial charge in [-0.2, -0.15) is 5.10 Å². The van der Waals surface area contributed by atoms with Crippen LogP contribution in [0.25, 0.3) is 10.6 Å². The van der Waals surface area contributed by atoms with Crippen LogP contribution in [0.1, 0.15) is 10.5 Å². The number of thiophene rings is 1. The maximum absolute atomic E-state index is 12.2. The second kappa shape index (κ2) is 7.85. The predicted molar refractivity (Wildman–Crippen MR) is 97.3 cm³/mol. The van der Waals surface area contributed by atoms with Crippen LogP contribution in [-0.4, -0.2) is 35.9 Å². The van der Waals surface area contributed by atoms with E-state index in [0.717, 1.165) is 22.1 Å². The second-order valence-electron chi connectivity index (χ2n) is 5.30. The Morgan fingerprint density at radius 2 is 2.00 bits per heavy atom. The first-order valence-electron chi connectivity index (χ1n) is 7.80. The first kappa shape index (κ1) is 17.0. The number of rotatable bonds is 7. The monoisotopic (exact) mass is 357 g/mol. The molecule has 25 heavy (non-hydrogen) atoms. The molecule has 0 unspecified atom stereocenters. The maximum atomic E-state index is 12.2. The van der Waals surface area contributed by atoms with E-state index < -0.39 is 0 Å². The van der Waals surface area contributed by atoms with Crippen LogP contribution in [0.3, 0.4) is 0 Å². The Hall–Kier alpha value is -2.80. The van der Waals surface area contributed by atoms with Crippen LogP contribution in [0, 0.1) is 0 Å². The number of hydrogen-bond donors (Lipinski definition) is 1. The zero-order chi connectivity index (χ0) is 17.6. The average molecular weight is 357 g/mol. The van der Waals surface area contributed by atoms with Crippen LogP contribution in [0.15, 0.2) is 47.8 Å². The van der Waals surface area contributed by atoms with Crippen molar-refractivity contribution < 1.29 is 14.3 Å². The molecule has 0 saturated heterocycles. The molecule has 2 heterocycles. The van der Waals surface area contributed by atoms with Crippen LogP contribution >= 0.6 is 11.3 Å². The lowest BCUT2D eigenvalue weighted by atomic mass is 10.3. The molecular formula is C18H19N3O3S. The number of nitrogens with zero attached hydrogens (tertiary/aromatic N) is 2. The number of nitrogens with one attached hydrogen (secondary N) is 1. The predicted octanol–water partition coefficient (Wildman–Crippen LogP) is 2.97. The van der Waals surface area contributed by atoms with Gasteiger partial charge in [0.1, 0.15) is 18.1 Å². The SMILES string of the molecule is COc1ccc(OCCNC(=O)c2cc(-c3cccs3)n(C)n2)cc1. The lowest BCUT2D eigenvalue weighted by Gasteiger charge is -2.07. The molecule has 0 aliphatic rings. The summed E-state index contributed by atoms with van der Waals surface area (Å²) in [6, 6.07) is 13.1. The third kappa shape index (κ3) is 4.19. The summed E-state index contributed by atoms with van der Waals surface area (Å²) in [6.07, 6.45) is 0. The van der Waals surface area contributed by atoms with Gasteiger partial charge in [0.2, 0.25) is 0 Å². The molecule has 0 fully saturated rings. The minimum absolute atomic E-state index is 0.211. The summed E-state index contributed by atoms with van der Waals surface area (Å²) in [5.74, 6) is 1.29. The molecular weight excluding hydrogens is 338 g/mol. The molecule has 3 rings (SSSR count). The van der Waals surface area contributed by atoms with E-state index in [1.54, 1.807) is 29.2 Å². The topological polar surface area (TPSA) is 65.4 Å². The van der Waals surface area contributed by atoms with Gasteiger partial charge in [0.15, 0.2) is 5.69 Å². The zero-order valence-electron chi connectivity index (χ0n) is 14.1. The van der Waals surface area contributed by atoms with Gasteiger partial charge in [0.05, 0.1) is 24.2 Å². The molecule has 1 N–H and O–H groups in total. The minimum atomic E-state index is -0.211. The highest BCUT2D eigenvalue weighted by Crippen LogP contribution is 2.24. The summed E-state index contributed by atoms with van der Waals surface area (Å²) in [6.45, 7) is 0.776. The lowest BCUT2D eigenvalue weighted by Crippen LogP contribution is -2.28. The van der Waals surface area contributed by atoms with Crippen molar-refractivity contribution in [2.45, 2.75) is 0 Å². The molecule has 0 radical (unpaired) electrons. The fourth-order valence-corrected chi connectivity index (χ4v) is 3.10. The molecule has 7 heteroatoms. The third-order valence-corrected chi connectivity index (χ3v) is 4.49. The number of benzene rings is 1. The highest BCUT2D eigenvalue weighted by molar-refractivity contribution is 7.13. The molecule has 130 valence electrons. The first-order chi connectivity index (χ1) is 12.2. The minimum Gasteiger partial charge on any atom is -0.497 e. The Bertz CT molecular complexity index is 826. The molecule has 0 aliphatic heterocycles. The smallest absolute Gasteiger partial charge is 0.271 e. The number of methoxy groups -OCH3 is 1. The fourth-order valence-electron chi connectivity index (χ4n) is 2.33. The van der Waals surface area contributed by atoms with E-state index in [1.807, 2.05) is 48.8 Å². The number of carbonyl (C=O) groups is 1. The Labute approximate surface area is 150 Å². The van der Waals surface area contributed by atoms with Crippen molar-refractivity contribution in [2.75, 3.05) is 20.3 Å². The third-order valence-electron chi connectivity index (χ3n) is 3.60.